The Morgan fingerprint density at radius 2 is 1.14 bits per heavy atom. The Morgan fingerprint density at radius 1 is 0.810 bits per heavy atom. The molecule has 0 aromatic carbocycles. The van der Waals surface area contributed by atoms with Crippen LogP contribution < -0.4 is 0 Å². The first-order chi connectivity index (χ1) is 9.68. The zero-order valence-corrected chi connectivity index (χ0v) is 15.7. The van der Waals surface area contributed by atoms with Crippen molar-refractivity contribution < 1.29 is 4.74 Å². The monoisotopic (exact) mass is 299 g/mol. The van der Waals surface area contributed by atoms with Crippen LogP contribution in [0.3, 0.4) is 0 Å². The molecular formula is C17H37N3O. The molecule has 126 valence electrons. The zero-order chi connectivity index (χ0) is 17.0. The van der Waals surface area contributed by atoms with Crippen molar-refractivity contribution in [1.29, 1.82) is 5.26 Å². The minimum atomic E-state index is 0.497. The molecule has 0 radical (unpaired) electrons. The van der Waals surface area contributed by atoms with Gasteiger partial charge in [-0.05, 0) is 55.4 Å². The van der Waals surface area contributed by atoms with Gasteiger partial charge in [0.2, 0.25) is 0 Å². The Kier molecular flexibility index (Phi) is 14.1. The van der Waals surface area contributed by atoms with E-state index in [1.54, 1.807) is 7.11 Å². The largest absolute Gasteiger partial charge is 0.384 e. The first-order valence-electron chi connectivity index (χ1n) is 8.06. The van der Waals surface area contributed by atoms with Crippen LogP contribution in [0.4, 0.5) is 0 Å². The van der Waals surface area contributed by atoms with Crippen LogP contribution in [0, 0.1) is 11.3 Å². The van der Waals surface area contributed by atoms with E-state index >= 15 is 0 Å². The first kappa shape index (κ1) is 22.6. The van der Waals surface area contributed by atoms with Crippen molar-refractivity contribution in [3.05, 3.63) is 0 Å². The number of hydrogen-bond donors (Lipinski definition) is 0. The summed E-state index contributed by atoms with van der Waals surface area (Å²) in [6.07, 6.45) is 0.497. The van der Waals surface area contributed by atoms with Gasteiger partial charge in [-0.1, -0.05) is 0 Å². The minimum Gasteiger partial charge on any atom is -0.384 e. The molecule has 0 saturated heterocycles. The lowest BCUT2D eigenvalue weighted by Gasteiger charge is -2.39. The fourth-order valence-corrected chi connectivity index (χ4v) is 2.18. The van der Waals surface area contributed by atoms with Gasteiger partial charge in [0.15, 0.2) is 0 Å². The molecule has 0 aliphatic carbocycles. The number of methoxy groups -OCH3 is 1. The lowest BCUT2D eigenvalue weighted by Crippen LogP contribution is -2.49. The second-order valence-corrected chi connectivity index (χ2v) is 6.45. The van der Waals surface area contributed by atoms with Gasteiger partial charge in [-0.2, -0.15) is 5.26 Å². The summed E-state index contributed by atoms with van der Waals surface area (Å²) in [5.41, 5.74) is 0. The van der Waals surface area contributed by atoms with Gasteiger partial charge in [0.1, 0.15) is 0 Å². The maximum Gasteiger partial charge on any atom is 0.0645 e. The van der Waals surface area contributed by atoms with Gasteiger partial charge in [0.25, 0.3) is 0 Å². The molecule has 4 heteroatoms. The quantitative estimate of drug-likeness (QED) is 0.506. The molecule has 0 bridgehead atoms. The van der Waals surface area contributed by atoms with Gasteiger partial charge in [0.05, 0.1) is 25.8 Å². The Labute approximate surface area is 133 Å². The van der Waals surface area contributed by atoms with Gasteiger partial charge < -0.3 is 4.74 Å². The molecule has 0 aliphatic heterocycles. The van der Waals surface area contributed by atoms with Crippen molar-refractivity contribution in [3.8, 4) is 6.07 Å². The molecule has 0 atom stereocenters. The van der Waals surface area contributed by atoms with Crippen LogP contribution in [0.25, 0.3) is 0 Å². The minimum absolute atomic E-state index is 0.497. The molecule has 0 spiro atoms. The van der Waals surface area contributed by atoms with Gasteiger partial charge in [-0.3, -0.25) is 9.80 Å². The normalized spacial score (nSPS) is 11.5. The molecular weight excluding hydrogens is 262 g/mol. The molecule has 0 aromatic heterocycles. The average Bonchev–Trinajstić information content (AvgIpc) is 2.35. The molecule has 0 rings (SSSR count). The summed E-state index contributed by atoms with van der Waals surface area (Å²) in [6.45, 7) is 19.8. The molecule has 0 heterocycles. The van der Waals surface area contributed by atoms with E-state index in [1.807, 2.05) is 6.07 Å². The Hall–Kier alpha value is -0.630. The molecule has 0 unspecified atom stereocenters. The third kappa shape index (κ3) is 11.7. The molecule has 0 aliphatic rings. The van der Waals surface area contributed by atoms with Crippen molar-refractivity contribution in [2.45, 2.75) is 86.0 Å². The predicted molar refractivity (Wildman–Crippen MR) is 91.2 cm³/mol. The van der Waals surface area contributed by atoms with Crippen molar-refractivity contribution in [2.24, 2.45) is 0 Å². The standard InChI is InChI=1S/C13H30N2.C4H7NO/c1-10(2)14(11(3)4)9-15(12(5)6)13(7)8;1-6-4-2-3-5/h10-13H,9H2,1-8H3;2,4H2,1H3. The summed E-state index contributed by atoms with van der Waals surface area (Å²) >= 11 is 0. The fourth-order valence-electron chi connectivity index (χ4n) is 2.18. The van der Waals surface area contributed by atoms with Crippen LogP contribution in [0.1, 0.15) is 61.8 Å². The number of rotatable bonds is 8. The number of hydrogen-bond acceptors (Lipinski definition) is 4. The van der Waals surface area contributed by atoms with E-state index in [-0.39, 0.29) is 0 Å². The van der Waals surface area contributed by atoms with Crippen molar-refractivity contribution >= 4 is 0 Å². The van der Waals surface area contributed by atoms with Gasteiger partial charge in [-0.25, -0.2) is 0 Å². The summed E-state index contributed by atoms with van der Waals surface area (Å²) in [7, 11) is 1.58. The van der Waals surface area contributed by atoms with Gasteiger partial charge in [0, 0.05) is 31.3 Å². The van der Waals surface area contributed by atoms with E-state index in [9.17, 15) is 0 Å². The highest BCUT2D eigenvalue weighted by molar-refractivity contribution is 4.72. The second-order valence-electron chi connectivity index (χ2n) is 6.45. The van der Waals surface area contributed by atoms with E-state index < -0.39 is 0 Å². The fraction of sp³-hybridized carbons (Fsp3) is 0.941. The second kappa shape index (κ2) is 13.1. The first-order valence-corrected chi connectivity index (χ1v) is 8.06. The summed E-state index contributed by atoms with van der Waals surface area (Å²) in [4.78, 5) is 5.08. The third-order valence-electron chi connectivity index (χ3n) is 3.40. The summed E-state index contributed by atoms with van der Waals surface area (Å²) in [5.74, 6) is 0. The van der Waals surface area contributed by atoms with Crippen LogP contribution in [0.5, 0.6) is 0 Å². The summed E-state index contributed by atoms with van der Waals surface area (Å²) in [6, 6.07) is 4.41. The van der Waals surface area contributed by atoms with Crippen LogP contribution in [-0.4, -0.2) is 54.4 Å². The van der Waals surface area contributed by atoms with Crippen molar-refractivity contribution in [3.63, 3.8) is 0 Å². The smallest absolute Gasteiger partial charge is 0.0645 e. The molecule has 4 nitrogen and oxygen atoms in total. The van der Waals surface area contributed by atoms with Crippen LogP contribution in [-0.2, 0) is 4.74 Å². The average molecular weight is 300 g/mol. The van der Waals surface area contributed by atoms with Gasteiger partial charge in [-0.15, -0.1) is 0 Å². The van der Waals surface area contributed by atoms with Crippen LogP contribution in [0.2, 0.25) is 0 Å². The third-order valence-corrected chi connectivity index (χ3v) is 3.40. The van der Waals surface area contributed by atoms with E-state index in [1.165, 1.54) is 0 Å². The predicted octanol–water partition coefficient (Wildman–Crippen LogP) is 3.73. The molecule has 0 N–H and O–H groups in total. The van der Waals surface area contributed by atoms with Gasteiger partial charge >= 0.3 is 0 Å². The SMILES string of the molecule is CC(C)N(CN(C(C)C)C(C)C)C(C)C.COCCC#N. The van der Waals surface area contributed by atoms with Crippen molar-refractivity contribution in [2.75, 3.05) is 20.4 Å². The number of nitriles is 1. The topological polar surface area (TPSA) is 39.5 Å². The van der Waals surface area contributed by atoms with E-state index in [0.29, 0.717) is 37.2 Å². The molecule has 0 saturated carbocycles. The highest BCUT2D eigenvalue weighted by Crippen LogP contribution is 2.11. The molecule has 0 amide bonds. The number of ether oxygens (including phenoxy) is 1. The summed E-state index contributed by atoms with van der Waals surface area (Å²) < 4.78 is 4.56. The highest BCUT2D eigenvalue weighted by Gasteiger charge is 2.20. The van der Waals surface area contributed by atoms with E-state index in [2.05, 4.69) is 69.9 Å². The van der Waals surface area contributed by atoms with E-state index in [0.717, 1.165) is 6.67 Å². The maximum atomic E-state index is 7.87. The van der Waals surface area contributed by atoms with Crippen LogP contribution >= 0.6 is 0 Å². The van der Waals surface area contributed by atoms with Crippen molar-refractivity contribution in [1.82, 2.24) is 9.80 Å². The Morgan fingerprint density at radius 3 is 1.29 bits per heavy atom. The Bertz CT molecular complexity index is 236. The molecule has 21 heavy (non-hydrogen) atoms. The molecule has 0 aromatic rings. The molecule has 0 fully saturated rings. The lowest BCUT2D eigenvalue weighted by atomic mass is 10.2. The zero-order valence-electron chi connectivity index (χ0n) is 15.7. The maximum absolute atomic E-state index is 7.87. The van der Waals surface area contributed by atoms with E-state index in [4.69, 9.17) is 5.26 Å². The highest BCUT2D eigenvalue weighted by atomic mass is 16.5. The van der Waals surface area contributed by atoms with Crippen LogP contribution in [0.15, 0.2) is 0 Å². The summed E-state index contributed by atoms with van der Waals surface area (Å²) in [5, 5.41) is 7.87. The lowest BCUT2D eigenvalue weighted by molar-refractivity contribution is 0.0401. The Balaban J connectivity index is 0. The number of nitrogens with zero attached hydrogens (tertiary/aromatic N) is 3.